The van der Waals surface area contributed by atoms with Crippen LogP contribution >= 0.6 is 0 Å². The van der Waals surface area contributed by atoms with Crippen molar-refractivity contribution in [1.82, 2.24) is 14.1 Å². The van der Waals surface area contributed by atoms with Crippen LogP contribution in [0.3, 0.4) is 0 Å². The number of aryl methyl sites for hydroxylation is 2. The molecule has 2 N–H and O–H groups in total. The second-order valence-corrected chi connectivity index (χ2v) is 6.36. The molecular weight excluding hydrogens is 236 g/mol. The SMILES string of the molecule is CC1(C)Cc2c(ccn2CCn2ccnc2)C(N)C1. The van der Waals surface area contributed by atoms with E-state index >= 15 is 0 Å². The van der Waals surface area contributed by atoms with E-state index in [1.54, 1.807) is 0 Å². The molecule has 102 valence electrons. The van der Waals surface area contributed by atoms with E-state index in [1.165, 1.54) is 11.3 Å². The van der Waals surface area contributed by atoms with Gasteiger partial charge in [0.05, 0.1) is 6.33 Å². The van der Waals surface area contributed by atoms with E-state index in [1.807, 2.05) is 18.7 Å². The first-order chi connectivity index (χ1) is 9.05. The van der Waals surface area contributed by atoms with Crippen molar-refractivity contribution < 1.29 is 0 Å². The standard InChI is InChI=1S/C15H22N4/c1-15(2)9-13(16)12-3-5-19(14(12)10-15)8-7-18-6-4-17-11-18/h3-6,11,13H,7-10,16H2,1-2H3. The van der Waals surface area contributed by atoms with E-state index in [-0.39, 0.29) is 6.04 Å². The van der Waals surface area contributed by atoms with Gasteiger partial charge in [0.25, 0.3) is 0 Å². The Morgan fingerprint density at radius 3 is 2.95 bits per heavy atom. The Balaban J connectivity index is 1.80. The number of nitrogens with two attached hydrogens (primary N) is 1. The molecule has 19 heavy (non-hydrogen) atoms. The first kappa shape index (κ1) is 12.5. The summed E-state index contributed by atoms with van der Waals surface area (Å²) < 4.78 is 4.47. The number of fused-ring (bicyclic) bond motifs is 1. The lowest BCUT2D eigenvalue weighted by atomic mass is 9.74. The highest BCUT2D eigenvalue weighted by Gasteiger charge is 2.32. The molecular formula is C15H22N4. The molecule has 2 aromatic heterocycles. The van der Waals surface area contributed by atoms with Gasteiger partial charge in [-0.3, -0.25) is 0 Å². The minimum Gasteiger partial charge on any atom is -0.349 e. The van der Waals surface area contributed by atoms with Gasteiger partial charge in [-0.15, -0.1) is 0 Å². The Hall–Kier alpha value is -1.55. The quantitative estimate of drug-likeness (QED) is 0.918. The second-order valence-electron chi connectivity index (χ2n) is 6.36. The van der Waals surface area contributed by atoms with Crippen LogP contribution in [0.5, 0.6) is 0 Å². The van der Waals surface area contributed by atoms with Crippen LogP contribution in [0.15, 0.2) is 31.0 Å². The van der Waals surface area contributed by atoms with Gasteiger partial charge in [0.1, 0.15) is 0 Å². The Kier molecular flexibility index (Phi) is 2.97. The molecule has 0 saturated carbocycles. The maximum absolute atomic E-state index is 6.30. The van der Waals surface area contributed by atoms with Crippen molar-refractivity contribution >= 4 is 0 Å². The van der Waals surface area contributed by atoms with Crippen molar-refractivity contribution in [3.05, 3.63) is 42.2 Å². The summed E-state index contributed by atoms with van der Waals surface area (Å²) in [5.41, 5.74) is 9.36. The maximum Gasteiger partial charge on any atom is 0.0946 e. The summed E-state index contributed by atoms with van der Waals surface area (Å²) in [6.45, 7) is 6.55. The molecule has 4 heteroatoms. The van der Waals surface area contributed by atoms with Gasteiger partial charge in [-0.25, -0.2) is 4.98 Å². The molecule has 2 aromatic rings. The number of hydrogen-bond donors (Lipinski definition) is 1. The number of rotatable bonds is 3. The van der Waals surface area contributed by atoms with E-state index in [0.29, 0.717) is 5.41 Å². The van der Waals surface area contributed by atoms with Crippen LogP contribution in [0, 0.1) is 5.41 Å². The molecule has 0 fully saturated rings. The first-order valence-electron chi connectivity index (χ1n) is 6.94. The van der Waals surface area contributed by atoms with Crippen LogP contribution in [0.4, 0.5) is 0 Å². The van der Waals surface area contributed by atoms with Gasteiger partial charge in [-0.2, -0.15) is 0 Å². The van der Waals surface area contributed by atoms with Crippen LogP contribution in [0.1, 0.15) is 37.6 Å². The van der Waals surface area contributed by atoms with E-state index in [2.05, 4.69) is 40.2 Å². The molecule has 1 atom stereocenters. The predicted molar refractivity (Wildman–Crippen MR) is 75.7 cm³/mol. The summed E-state index contributed by atoms with van der Waals surface area (Å²) in [5.74, 6) is 0. The van der Waals surface area contributed by atoms with Gasteiger partial charge < -0.3 is 14.9 Å². The molecule has 2 heterocycles. The molecule has 3 rings (SSSR count). The predicted octanol–water partition coefficient (Wildman–Crippen LogP) is 2.36. The van der Waals surface area contributed by atoms with E-state index < -0.39 is 0 Å². The summed E-state index contributed by atoms with van der Waals surface area (Å²) in [5, 5.41) is 0. The van der Waals surface area contributed by atoms with Crippen LogP contribution in [-0.4, -0.2) is 14.1 Å². The lowest BCUT2D eigenvalue weighted by Gasteiger charge is -2.34. The third-order valence-electron chi connectivity index (χ3n) is 4.09. The van der Waals surface area contributed by atoms with Crippen LogP contribution in [-0.2, 0) is 19.5 Å². The molecule has 0 aliphatic heterocycles. The third kappa shape index (κ3) is 2.45. The van der Waals surface area contributed by atoms with Crippen molar-refractivity contribution in [2.75, 3.05) is 0 Å². The van der Waals surface area contributed by atoms with Gasteiger partial charge in [0.2, 0.25) is 0 Å². The largest absolute Gasteiger partial charge is 0.349 e. The average Bonchev–Trinajstić information content (AvgIpc) is 2.93. The van der Waals surface area contributed by atoms with Crippen molar-refractivity contribution in [3.8, 4) is 0 Å². The zero-order valence-electron chi connectivity index (χ0n) is 11.7. The van der Waals surface area contributed by atoms with Crippen molar-refractivity contribution in [2.45, 2.75) is 45.8 Å². The fourth-order valence-corrected chi connectivity index (χ4v) is 3.15. The average molecular weight is 258 g/mol. The molecule has 1 unspecified atom stereocenters. The van der Waals surface area contributed by atoms with Crippen LogP contribution in [0.25, 0.3) is 0 Å². The maximum atomic E-state index is 6.30. The molecule has 0 radical (unpaired) electrons. The number of nitrogens with zero attached hydrogens (tertiary/aromatic N) is 3. The molecule has 4 nitrogen and oxygen atoms in total. The van der Waals surface area contributed by atoms with E-state index in [9.17, 15) is 0 Å². The first-order valence-corrected chi connectivity index (χ1v) is 6.94. The van der Waals surface area contributed by atoms with Crippen molar-refractivity contribution in [3.63, 3.8) is 0 Å². The van der Waals surface area contributed by atoms with Gasteiger partial charge in [-0.1, -0.05) is 13.8 Å². The summed E-state index contributed by atoms with van der Waals surface area (Å²) >= 11 is 0. The summed E-state index contributed by atoms with van der Waals surface area (Å²) in [6.07, 6.45) is 10.1. The zero-order chi connectivity index (χ0) is 13.5. The molecule has 0 amide bonds. The summed E-state index contributed by atoms with van der Waals surface area (Å²) in [6, 6.07) is 2.39. The Labute approximate surface area is 114 Å². The molecule has 0 bridgehead atoms. The highest BCUT2D eigenvalue weighted by atomic mass is 15.1. The van der Waals surface area contributed by atoms with Gasteiger partial charge in [0.15, 0.2) is 0 Å². The van der Waals surface area contributed by atoms with Gasteiger partial charge >= 0.3 is 0 Å². The van der Waals surface area contributed by atoms with Gasteiger partial charge in [-0.05, 0) is 29.9 Å². The number of aromatic nitrogens is 3. The lowest BCUT2D eigenvalue weighted by molar-refractivity contribution is 0.274. The third-order valence-corrected chi connectivity index (χ3v) is 4.09. The zero-order valence-corrected chi connectivity index (χ0v) is 11.7. The van der Waals surface area contributed by atoms with Crippen molar-refractivity contribution in [2.24, 2.45) is 11.1 Å². The Morgan fingerprint density at radius 2 is 2.21 bits per heavy atom. The van der Waals surface area contributed by atoms with Crippen molar-refractivity contribution in [1.29, 1.82) is 0 Å². The van der Waals surface area contributed by atoms with E-state index in [4.69, 9.17) is 5.73 Å². The molecule has 1 aliphatic rings. The minimum absolute atomic E-state index is 0.188. The molecule has 0 saturated heterocycles. The van der Waals surface area contributed by atoms with Crippen LogP contribution in [0.2, 0.25) is 0 Å². The van der Waals surface area contributed by atoms with Crippen LogP contribution < -0.4 is 5.73 Å². The lowest BCUT2D eigenvalue weighted by Crippen LogP contribution is -2.30. The monoisotopic (exact) mass is 258 g/mol. The fourth-order valence-electron chi connectivity index (χ4n) is 3.15. The summed E-state index contributed by atoms with van der Waals surface area (Å²) in [4.78, 5) is 4.08. The number of imidazole rings is 1. The smallest absolute Gasteiger partial charge is 0.0946 e. The fraction of sp³-hybridized carbons (Fsp3) is 0.533. The normalized spacial score (nSPS) is 21.3. The summed E-state index contributed by atoms with van der Waals surface area (Å²) in [7, 11) is 0. The van der Waals surface area contributed by atoms with E-state index in [0.717, 1.165) is 25.9 Å². The minimum atomic E-state index is 0.188. The second kappa shape index (κ2) is 4.53. The molecule has 1 aliphatic carbocycles. The highest BCUT2D eigenvalue weighted by Crippen LogP contribution is 2.39. The van der Waals surface area contributed by atoms with Gasteiger partial charge in [0, 0.05) is 43.4 Å². The Bertz CT molecular complexity index is 551. The number of hydrogen-bond acceptors (Lipinski definition) is 2. The topological polar surface area (TPSA) is 48.8 Å². The highest BCUT2D eigenvalue weighted by molar-refractivity contribution is 5.30. The molecule has 0 spiro atoms. The Morgan fingerprint density at radius 1 is 1.37 bits per heavy atom. The molecule has 0 aromatic carbocycles.